The van der Waals surface area contributed by atoms with Gasteiger partial charge in [0.05, 0.1) is 11.7 Å². The molecular weight excluding hydrogens is 361 g/mol. The first-order valence-corrected chi connectivity index (χ1v) is 8.76. The summed E-state index contributed by atoms with van der Waals surface area (Å²) in [4.78, 5) is 14.8. The molecule has 2 aliphatic heterocycles. The molecule has 1 saturated heterocycles. The number of halogens is 2. The minimum Gasteiger partial charge on any atom is -0.317 e. The fraction of sp³-hybridized carbons (Fsp3) is 0.471. The number of nitrogens with one attached hydrogen (secondary N) is 1. The maximum absolute atomic E-state index is 13.0. The van der Waals surface area contributed by atoms with Gasteiger partial charge in [-0.15, -0.1) is 17.5 Å². The Bertz CT molecular complexity index is 785. The number of anilines is 1. The van der Waals surface area contributed by atoms with Crippen molar-refractivity contribution in [3.8, 4) is 0 Å². The predicted octanol–water partition coefficient (Wildman–Crippen LogP) is 2.79. The van der Waals surface area contributed by atoms with Crippen LogP contribution >= 0.6 is 24.0 Å². The van der Waals surface area contributed by atoms with Crippen LogP contribution in [0.15, 0.2) is 18.2 Å². The van der Waals surface area contributed by atoms with Crippen LogP contribution in [0.5, 0.6) is 0 Å². The van der Waals surface area contributed by atoms with E-state index in [1.807, 2.05) is 29.8 Å². The van der Waals surface area contributed by atoms with Crippen molar-refractivity contribution < 1.29 is 4.79 Å². The van der Waals surface area contributed by atoms with E-state index >= 15 is 0 Å². The monoisotopic (exact) mass is 381 g/mol. The van der Waals surface area contributed by atoms with Crippen LogP contribution in [0.2, 0.25) is 5.02 Å². The third kappa shape index (κ3) is 3.14. The molecule has 0 aliphatic carbocycles. The van der Waals surface area contributed by atoms with Crippen LogP contribution in [0.4, 0.5) is 5.69 Å². The van der Waals surface area contributed by atoms with Gasteiger partial charge in [0.15, 0.2) is 5.69 Å². The number of benzene rings is 1. The van der Waals surface area contributed by atoms with Crippen molar-refractivity contribution in [3.63, 3.8) is 0 Å². The summed E-state index contributed by atoms with van der Waals surface area (Å²) in [6, 6.07) is 6.01. The van der Waals surface area contributed by atoms with E-state index in [1.165, 1.54) is 0 Å². The van der Waals surface area contributed by atoms with E-state index in [1.54, 1.807) is 4.90 Å². The van der Waals surface area contributed by atoms with Gasteiger partial charge in [-0.1, -0.05) is 22.9 Å². The van der Waals surface area contributed by atoms with Crippen LogP contribution in [-0.4, -0.2) is 40.5 Å². The topological polar surface area (TPSA) is 63.1 Å². The van der Waals surface area contributed by atoms with Gasteiger partial charge in [-0.25, -0.2) is 4.68 Å². The van der Waals surface area contributed by atoms with Crippen LogP contribution in [0, 0.1) is 6.92 Å². The molecule has 2 aromatic rings. The third-order valence-corrected chi connectivity index (χ3v) is 5.35. The Labute approximate surface area is 157 Å². The van der Waals surface area contributed by atoms with Gasteiger partial charge in [0, 0.05) is 17.3 Å². The highest BCUT2D eigenvalue weighted by atomic mass is 35.5. The molecular formula is C17H21Cl2N5O. The minimum absolute atomic E-state index is 0. The summed E-state index contributed by atoms with van der Waals surface area (Å²) >= 11 is 6.25. The van der Waals surface area contributed by atoms with Crippen molar-refractivity contribution >= 4 is 35.6 Å². The number of nitrogens with zero attached hydrogens (tertiary/aromatic N) is 4. The van der Waals surface area contributed by atoms with E-state index in [0.717, 1.165) is 54.3 Å². The molecule has 25 heavy (non-hydrogen) atoms. The SMILES string of the molecule is Cc1c(C(=O)N2CCc3c(Cl)cccc32)nnn1C1CCNCC1.Cl. The highest BCUT2D eigenvalue weighted by molar-refractivity contribution is 6.32. The standard InChI is InChI=1S/C17H20ClN5O.ClH/c1-11-16(20-21-23(11)12-5-8-19-9-6-12)17(24)22-10-7-13-14(18)3-2-4-15(13)22;/h2-4,12,19H,5-10H2,1H3;1H. The van der Waals surface area contributed by atoms with Crippen LogP contribution in [0.1, 0.15) is 40.6 Å². The summed E-state index contributed by atoms with van der Waals surface area (Å²) in [6.07, 6.45) is 2.81. The lowest BCUT2D eigenvalue weighted by Gasteiger charge is -2.23. The molecule has 134 valence electrons. The van der Waals surface area contributed by atoms with Gasteiger partial charge in [0.1, 0.15) is 0 Å². The highest BCUT2D eigenvalue weighted by Gasteiger charge is 2.31. The lowest BCUT2D eigenvalue weighted by molar-refractivity contribution is 0.0984. The lowest BCUT2D eigenvalue weighted by atomic mass is 10.1. The molecule has 6 nitrogen and oxygen atoms in total. The smallest absolute Gasteiger partial charge is 0.280 e. The fourth-order valence-corrected chi connectivity index (χ4v) is 3.93. The van der Waals surface area contributed by atoms with Crippen LogP contribution in [0.3, 0.4) is 0 Å². The zero-order chi connectivity index (χ0) is 16.7. The summed E-state index contributed by atoms with van der Waals surface area (Å²) < 4.78 is 1.92. The number of piperidine rings is 1. The van der Waals surface area contributed by atoms with Crippen molar-refractivity contribution in [2.24, 2.45) is 0 Å². The largest absolute Gasteiger partial charge is 0.317 e. The molecule has 2 aliphatic rings. The number of hydrogen-bond donors (Lipinski definition) is 1. The van der Waals surface area contributed by atoms with Gasteiger partial charge < -0.3 is 10.2 Å². The molecule has 0 unspecified atom stereocenters. The lowest BCUT2D eigenvalue weighted by Crippen LogP contribution is -2.31. The Balaban J connectivity index is 0.00000182. The normalized spacial score (nSPS) is 17.3. The van der Waals surface area contributed by atoms with E-state index in [0.29, 0.717) is 18.3 Å². The van der Waals surface area contributed by atoms with Crippen LogP contribution in [-0.2, 0) is 6.42 Å². The molecule has 8 heteroatoms. The number of hydrogen-bond acceptors (Lipinski definition) is 4. The summed E-state index contributed by atoms with van der Waals surface area (Å²) in [5, 5.41) is 12.5. The van der Waals surface area contributed by atoms with Gasteiger partial charge >= 0.3 is 0 Å². The molecule has 1 N–H and O–H groups in total. The zero-order valence-electron chi connectivity index (χ0n) is 14.0. The molecule has 3 heterocycles. The first kappa shape index (κ1) is 18.2. The molecule has 4 rings (SSSR count). The average molecular weight is 382 g/mol. The zero-order valence-corrected chi connectivity index (χ0v) is 15.6. The van der Waals surface area contributed by atoms with Gasteiger partial charge in [-0.2, -0.15) is 0 Å². The van der Waals surface area contributed by atoms with E-state index in [-0.39, 0.29) is 18.3 Å². The third-order valence-electron chi connectivity index (χ3n) is 5.00. The Morgan fingerprint density at radius 1 is 1.32 bits per heavy atom. The quantitative estimate of drug-likeness (QED) is 0.868. The Morgan fingerprint density at radius 3 is 2.84 bits per heavy atom. The average Bonchev–Trinajstić information content (AvgIpc) is 3.20. The number of carbonyl (C=O) groups excluding carboxylic acids is 1. The summed E-state index contributed by atoms with van der Waals surface area (Å²) in [6.45, 7) is 4.53. The van der Waals surface area contributed by atoms with Crippen molar-refractivity contribution in [1.29, 1.82) is 0 Å². The van der Waals surface area contributed by atoms with Gasteiger partial charge in [-0.3, -0.25) is 4.79 Å². The highest BCUT2D eigenvalue weighted by Crippen LogP contribution is 2.34. The molecule has 0 saturated carbocycles. The molecule has 1 fully saturated rings. The van der Waals surface area contributed by atoms with E-state index < -0.39 is 0 Å². The number of rotatable bonds is 2. The molecule has 0 atom stereocenters. The van der Waals surface area contributed by atoms with E-state index in [4.69, 9.17) is 11.6 Å². The summed E-state index contributed by atoms with van der Waals surface area (Å²) in [5.41, 5.74) is 3.22. The molecule has 1 aromatic carbocycles. The van der Waals surface area contributed by atoms with Crippen LogP contribution < -0.4 is 10.2 Å². The second kappa shape index (κ2) is 7.32. The van der Waals surface area contributed by atoms with Crippen molar-refractivity contribution in [3.05, 3.63) is 40.2 Å². The fourth-order valence-electron chi connectivity index (χ4n) is 3.67. The second-order valence-electron chi connectivity index (χ2n) is 6.39. The van der Waals surface area contributed by atoms with Crippen molar-refractivity contribution in [1.82, 2.24) is 20.3 Å². The number of aromatic nitrogens is 3. The second-order valence-corrected chi connectivity index (χ2v) is 6.80. The van der Waals surface area contributed by atoms with Gasteiger partial charge in [0.2, 0.25) is 0 Å². The van der Waals surface area contributed by atoms with E-state index in [2.05, 4.69) is 15.6 Å². The van der Waals surface area contributed by atoms with Crippen molar-refractivity contribution in [2.45, 2.75) is 32.2 Å². The van der Waals surface area contributed by atoms with Gasteiger partial charge in [0.25, 0.3) is 5.91 Å². The van der Waals surface area contributed by atoms with Crippen molar-refractivity contribution in [2.75, 3.05) is 24.5 Å². The number of amides is 1. The maximum Gasteiger partial charge on any atom is 0.280 e. The number of carbonyl (C=O) groups is 1. The summed E-state index contributed by atoms with van der Waals surface area (Å²) in [7, 11) is 0. The summed E-state index contributed by atoms with van der Waals surface area (Å²) in [5.74, 6) is -0.0892. The molecule has 1 aromatic heterocycles. The minimum atomic E-state index is -0.0892. The first-order valence-electron chi connectivity index (χ1n) is 8.38. The predicted molar refractivity (Wildman–Crippen MR) is 100.0 cm³/mol. The first-order chi connectivity index (χ1) is 11.7. The Morgan fingerprint density at radius 2 is 2.08 bits per heavy atom. The Hall–Kier alpha value is -1.63. The molecule has 1 amide bonds. The molecule has 0 spiro atoms. The van der Waals surface area contributed by atoms with E-state index in [9.17, 15) is 4.79 Å². The molecule has 0 radical (unpaired) electrons. The molecule has 0 bridgehead atoms. The Kier molecular flexibility index (Phi) is 5.32. The maximum atomic E-state index is 13.0. The van der Waals surface area contributed by atoms with Gasteiger partial charge in [-0.05, 0) is 57.0 Å². The van der Waals surface area contributed by atoms with Crippen LogP contribution in [0.25, 0.3) is 0 Å². The number of fused-ring (bicyclic) bond motifs is 1.